The van der Waals surface area contributed by atoms with E-state index in [1.54, 1.807) is 24.3 Å². The molecule has 0 radical (unpaired) electrons. The van der Waals surface area contributed by atoms with Crippen LogP contribution in [0.25, 0.3) is 0 Å². The highest BCUT2D eigenvalue weighted by Crippen LogP contribution is 2.22. The van der Waals surface area contributed by atoms with Crippen LogP contribution in [0.1, 0.15) is 33.6 Å². The molecule has 1 heterocycles. The third-order valence-electron chi connectivity index (χ3n) is 3.69. The van der Waals surface area contributed by atoms with E-state index in [9.17, 15) is 19.2 Å². The minimum absolute atomic E-state index is 0.123. The van der Waals surface area contributed by atoms with Gasteiger partial charge < -0.3 is 15.4 Å². The maximum atomic E-state index is 12.2. The average molecular weight is 382 g/mol. The Hall–Kier alpha value is -2.61. The fourth-order valence-corrected chi connectivity index (χ4v) is 2.55. The molecule has 140 valence electrons. The summed E-state index contributed by atoms with van der Waals surface area (Å²) in [6, 6.07) is 6.65. The molecule has 0 unspecified atom stereocenters. The van der Waals surface area contributed by atoms with E-state index in [2.05, 4.69) is 10.6 Å². The van der Waals surface area contributed by atoms with E-state index in [4.69, 9.17) is 16.3 Å². The molecule has 1 aliphatic heterocycles. The predicted octanol–water partition coefficient (Wildman–Crippen LogP) is 1.14. The molecule has 0 aliphatic carbocycles. The first kappa shape index (κ1) is 19.7. The molecule has 2 rings (SSSR count). The summed E-state index contributed by atoms with van der Waals surface area (Å²) < 4.78 is 4.70. The van der Waals surface area contributed by atoms with Crippen LogP contribution in [-0.2, 0) is 9.53 Å². The molecule has 0 bridgehead atoms. The topological polar surface area (TPSA) is 105 Å². The lowest BCUT2D eigenvalue weighted by atomic mass is 10.1. The summed E-state index contributed by atoms with van der Waals surface area (Å²) >= 11 is 5.38. The molecule has 0 spiro atoms. The third kappa shape index (κ3) is 5.19. The molecule has 26 heavy (non-hydrogen) atoms. The van der Waals surface area contributed by atoms with Gasteiger partial charge >= 0.3 is 6.09 Å². The van der Waals surface area contributed by atoms with E-state index in [1.165, 1.54) is 0 Å². The Balaban J connectivity index is 1.63. The molecule has 0 atom stereocenters. The lowest BCUT2D eigenvalue weighted by molar-refractivity contribution is -0.121. The number of nitrogens with zero attached hydrogens (tertiary/aromatic N) is 1. The average Bonchev–Trinajstić information content (AvgIpc) is 2.88. The molecule has 0 saturated heterocycles. The van der Waals surface area contributed by atoms with E-state index in [1.807, 2.05) is 0 Å². The first-order valence-electron chi connectivity index (χ1n) is 8.23. The first-order valence-corrected chi connectivity index (χ1v) is 8.76. The van der Waals surface area contributed by atoms with Crippen molar-refractivity contribution in [1.82, 2.24) is 15.5 Å². The van der Waals surface area contributed by atoms with Crippen LogP contribution in [0.3, 0.4) is 0 Å². The number of benzene rings is 1. The van der Waals surface area contributed by atoms with E-state index in [-0.39, 0.29) is 56.3 Å². The Morgan fingerprint density at radius 3 is 2.27 bits per heavy atom. The fraction of sp³-hybridized carbons (Fsp3) is 0.412. The van der Waals surface area contributed by atoms with Crippen LogP contribution >= 0.6 is 11.6 Å². The summed E-state index contributed by atoms with van der Waals surface area (Å²) in [4.78, 5) is 48.4. The van der Waals surface area contributed by atoms with Gasteiger partial charge in [0.25, 0.3) is 11.8 Å². The zero-order valence-electron chi connectivity index (χ0n) is 14.1. The van der Waals surface area contributed by atoms with E-state index >= 15 is 0 Å². The number of amides is 4. The number of carbonyl (C=O) groups excluding carboxylic acids is 4. The number of imide groups is 1. The lowest BCUT2D eigenvalue weighted by Crippen LogP contribution is -2.36. The van der Waals surface area contributed by atoms with Crippen molar-refractivity contribution in [3.05, 3.63) is 35.4 Å². The van der Waals surface area contributed by atoms with Crippen LogP contribution < -0.4 is 10.6 Å². The molecule has 2 N–H and O–H groups in total. The standard InChI is InChI=1S/C17H20ClN3O5/c18-7-11-26-17(25)20-9-8-19-14(22)6-3-10-21-15(23)12-4-1-2-5-13(12)16(21)24/h1-2,4-5H,3,6-11H2,(H,19,22)(H,20,25). The number of hydrogen-bond acceptors (Lipinski definition) is 5. The quantitative estimate of drug-likeness (QED) is 0.379. The van der Waals surface area contributed by atoms with Crippen molar-refractivity contribution in [2.75, 3.05) is 32.1 Å². The van der Waals surface area contributed by atoms with Crippen molar-refractivity contribution >= 4 is 35.4 Å². The van der Waals surface area contributed by atoms with Crippen LogP contribution in [0.4, 0.5) is 4.79 Å². The zero-order chi connectivity index (χ0) is 18.9. The summed E-state index contributed by atoms with van der Waals surface area (Å²) in [7, 11) is 0. The van der Waals surface area contributed by atoms with Gasteiger partial charge in [0.05, 0.1) is 17.0 Å². The van der Waals surface area contributed by atoms with E-state index in [0.717, 1.165) is 4.90 Å². The smallest absolute Gasteiger partial charge is 0.407 e. The summed E-state index contributed by atoms with van der Waals surface area (Å²) in [5, 5.41) is 5.10. The maximum Gasteiger partial charge on any atom is 0.407 e. The van der Waals surface area contributed by atoms with Gasteiger partial charge in [-0.3, -0.25) is 19.3 Å². The Bertz CT molecular complexity index is 660. The number of halogens is 1. The molecule has 1 aromatic rings. The van der Waals surface area contributed by atoms with Crippen molar-refractivity contribution in [3.63, 3.8) is 0 Å². The number of alkyl carbamates (subject to hydrolysis) is 1. The van der Waals surface area contributed by atoms with Gasteiger partial charge in [-0.05, 0) is 18.6 Å². The molecule has 1 aromatic carbocycles. The molecule has 9 heteroatoms. The fourth-order valence-electron chi connectivity index (χ4n) is 2.48. The second-order valence-corrected chi connectivity index (χ2v) is 5.89. The van der Waals surface area contributed by atoms with Crippen molar-refractivity contribution < 1.29 is 23.9 Å². The number of carbonyl (C=O) groups is 4. The molecule has 0 fully saturated rings. The Labute approximate surface area is 155 Å². The maximum absolute atomic E-state index is 12.2. The second kappa shape index (κ2) is 9.76. The highest BCUT2D eigenvalue weighted by Gasteiger charge is 2.34. The highest BCUT2D eigenvalue weighted by molar-refractivity contribution is 6.21. The third-order valence-corrected chi connectivity index (χ3v) is 3.84. The zero-order valence-corrected chi connectivity index (χ0v) is 14.9. The van der Waals surface area contributed by atoms with Crippen LogP contribution in [0, 0.1) is 0 Å². The molecule has 0 saturated carbocycles. The number of alkyl halides is 1. The van der Waals surface area contributed by atoms with E-state index < -0.39 is 6.09 Å². The first-order chi connectivity index (χ1) is 12.5. The molecular formula is C17H20ClN3O5. The number of hydrogen-bond donors (Lipinski definition) is 2. The highest BCUT2D eigenvalue weighted by atomic mass is 35.5. The van der Waals surface area contributed by atoms with Crippen LogP contribution in [0.15, 0.2) is 24.3 Å². The summed E-state index contributed by atoms with van der Waals surface area (Å²) in [5.74, 6) is -0.661. The lowest BCUT2D eigenvalue weighted by Gasteiger charge is -2.13. The van der Waals surface area contributed by atoms with Gasteiger partial charge in [0, 0.05) is 26.1 Å². The predicted molar refractivity (Wildman–Crippen MR) is 94.1 cm³/mol. The van der Waals surface area contributed by atoms with Crippen LogP contribution in [0.5, 0.6) is 0 Å². The number of fused-ring (bicyclic) bond motifs is 1. The monoisotopic (exact) mass is 381 g/mol. The summed E-state index contributed by atoms with van der Waals surface area (Å²) in [6.07, 6.45) is -0.0578. The van der Waals surface area contributed by atoms with Crippen molar-refractivity contribution in [2.45, 2.75) is 12.8 Å². The van der Waals surface area contributed by atoms with Crippen LogP contribution in [0.2, 0.25) is 0 Å². The SMILES string of the molecule is O=C(CCCN1C(=O)c2ccccc2C1=O)NCCNC(=O)OCCCl. The Morgan fingerprint density at radius 1 is 1.04 bits per heavy atom. The number of ether oxygens (including phenoxy) is 1. The van der Waals surface area contributed by atoms with Gasteiger partial charge in [-0.2, -0.15) is 0 Å². The Morgan fingerprint density at radius 2 is 1.65 bits per heavy atom. The van der Waals surface area contributed by atoms with Gasteiger partial charge in [0.15, 0.2) is 0 Å². The number of rotatable bonds is 9. The molecule has 4 amide bonds. The minimum atomic E-state index is -0.592. The van der Waals surface area contributed by atoms with Gasteiger partial charge in [-0.25, -0.2) is 4.79 Å². The van der Waals surface area contributed by atoms with Crippen molar-refractivity contribution in [2.24, 2.45) is 0 Å². The second-order valence-electron chi connectivity index (χ2n) is 5.51. The van der Waals surface area contributed by atoms with Crippen molar-refractivity contribution in [1.29, 1.82) is 0 Å². The molecular weight excluding hydrogens is 362 g/mol. The Kier molecular flexibility index (Phi) is 7.40. The largest absolute Gasteiger partial charge is 0.448 e. The normalized spacial score (nSPS) is 12.7. The summed E-state index contributed by atoms with van der Waals surface area (Å²) in [5.41, 5.74) is 0.795. The van der Waals surface area contributed by atoms with Crippen LogP contribution in [-0.4, -0.2) is 60.8 Å². The van der Waals surface area contributed by atoms with Gasteiger partial charge in [-0.15, -0.1) is 11.6 Å². The summed E-state index contributed by atoms with van der Waals surface area (Å²) in [6.45, 7) is 0.785. The van der Waals surface area contributed by atoms with Gasteiger partial charge in [-0.1, -0.05) is 12.1 Å². The molecule has 0 aromatic heterocycles. The van der Waals surface area contributed by atoms with Gasteiger partial charge in [0.2, 0.25) is 5.91 Å². The van der Waals surface area contributed by atoms with Crippen molar-refractivity contribution in [3.8, 4) is 0 Å². The molecule has 1 aliphatic rings. The van der Waals surface area contributed by atoms with E-state index in [0.29, 0.717) is 17.5 Å². The van der Waals surface area contributed by atoms with Gasteiger partial charge in [0.1, 0.15) is 6.61 Å². The minimum Gasteiger partial charge on any atom is -0.448 e. The number of nitrogens with one attached hydrogen (secondary N) is 2. The molecule has 8 nitrogen and oxygen atoms in total.